The van der Waals surface area contributed by atoms with Crippen molar-refractivity contribution < 1.29 is 9.59 Å². The summed E-state index contributed by atoms with van der Waals surface area (Å²) in [5.74, 6) is -0.0267. The first kappa shape index (κ1) is 25.9. The topological polar surface area (TPSA) is 50.3 Å². The molecule has 3 saturated heterocycles. The van der Waals surface area contributed by atoms with Gasteiger partial charge < -0.3 is 9.80 Å². The number of nitrogens with zero attached hydrogens (tertiary/aromatic N) is 5. The Kier molecular flexibility index (Phi) is 8.17. The summed E-state index contributed by atoms with van der Waals surface area (Å²) in [4.78, 5) is 35.2. The van der Waals surface area contributed by atoms with Gasteiger partial charge in [-0.25, -0.2) is 5.01 Å². The summed E-state index contributed by atoms with van der Waals surface area (Å²) in [6.45, 7) is 9.13. The number of piperidine rings is 2. The summed E-state index contributed by atoms with van der Waals surface area (Å²) >= 11 is 7.64. The van der Waals surface area contributed by atoms with Gasteiger partial charge in [0.1, 0.15) is 6.04 Å². The molecule has 3 aliphatic rings. The largest absolute Gasteiger partial charge is 0.338 e. The van der Waals surface area contributed by atoms with E-state index in [9.17, 15) is 9.59 Å². The van der Waals surface area contributed by atoms with Crippen LogP contribution in [0.25, 0.3) is 10.1 Å². The molecule has 4 heterocycles. The molecule has 1 atom stereocenters. The standard InChI is InChI=1S/C27H38ClN5O2S/c1-20(26(34)31-16-14-30(15-17-31)23-8-12-29(2)13-9-23)33(32-10-4-3-5-11-32)27(35)25-18-21-6-7-22(28)19-24(21)36-25/h6-7,18-20,23H,3-5,8-17H2,1-2H3/t20-/m1/s1. The number of thiophene rings is 1. The number of carbonyl (C=O) groups is 2. The van der Waals surface area contributed by atoms with Crippen LogP contribution in [-0.4, -0.2) is 108 Å². The lowest BCUT2D eigenvalue weighted by molar-refractivity contribution is -0.145. The number of piperazine rings is 1. The zero-order chi connectivity index (χ0) is 25.2. The molecule has 0 N–H and O–H groups in total. The third-order valence-electron chi connectivity index (χ3n) is 8.09. The van der Waals surface area contributed by atoms with Gasteiger partial charge in [0.25, 0.3) is 5.91 Å². The van der Waals surface area contributed by atoms with E-state index in [0.717, 1.165) is 75.3 Å². The molecule has 5 rings (SSSR count). The van der Waals surface area contributed by atoms with E-state index < -0.39 is 6.04 Å². The van der Waals surface area contributed by atoms with E-state index in [1.807, 2.05) is 36.1 Å². The van der Waals surface area contributed by atoms with Gasteiger partial charge in [0.05, 0.1) is 4.88 Å². The van der Waals surface area contributed by atoms with Crippen molar-refractivity contribution in [2.45, 2.75) is 51.1 Å². The first-order chi connectivity index (χ1) is 17.4. The second-order valence-electron chi connectivity index (χ2n) is 10.5. The van der Waals surface area contributed by atoms with Crippen molar-refractivity contribution in [3.8, 4) is 0 Å². The smallest absolute Gasteiger partial charge is 0.279 e. The first-order valence-electron chi connectivity index (χ1n) is 13.4. The fourth-order valence-electron chi connectivity index (χ4n) is 5.90. The van der Waals surface area contributed by atoms with Gasteiger partial charge in [-0.05, 0) is 76.3 Å². The van der Waals surface area contributed by atoms with Crippen LogP contribution < -0.4 is 0 Å². The van der Waals surface area contributed by atoms with Crippen molar-refractivity contribution in [1.82, 2.24) is 24.7 Å². The van der Waals surface area contributed by atoms with Crippen molar-refractivity contribution in [2.75, 3.05) is 59.4 Å². The maximum atomic E-state index is 13.9. The van der Waals surface area contributed by atoms with Crippen molar-refractivity contribution in [1.29, 1.82) is 0 Å². The van der Waals surface area contributed by atoms with Gasteiger partial charge >= 0.3 is 0 Å². The number of rotatable bonds is 5. The number of amides is 2. The van der Waals surface area contributed by atoms with Gasteiger partial charge in [-0.15, -0.1) is 11.3 Å². The number of hydrogen-bond acceptors (Lipinski definition) is 6. The molecule has 7 nitrogen and oxygen atoms in total. The molecule has 196 valence electrons. The second-order valence-corrected chi connectivity index (χ2v) is 12.0. The molecular weight excluding hydrogens is 494 g/mol. The molecule has 0 spiro atoms. The molecular formula is C27H38ClN5O2S. The Hall–Kier alpha value is -1.71. The molecule has 1 aromatic carbocycles. The summed E-state index contributed by atoms with van der Waals surface area (Å²) in [5, 5.41) is 5.55. The Morgan fingerprint density at radius 3 is 2.36 bits per heavy atom. The van der Waals surface area contributed by atoms with Crippen molar-refractivity contribution in [3.05, 3.63) is 34.2 Å². The van der Waals surface area contributed by atoms with Gasteiger partial charge in [-0.1, -0.05) is 24.1 Å². The minimum atomic E-state index is -0.528. The van der Waals surface area contributed by atoms with Crippen LogP contribution in [0.1, 0.15) is 48.7 Å². The Morgan fingerprint density at radius 1 is 0.972 bits per heavy atom. The van der Waals surface area contributed by atoms with Gasteiger partial charge in [0.2, 0.25) is 5.91 Å². The van der Waals surface area contributed by atoms with E-state index in [0.29, 0.717) is 15.9 Å². The Morgan fingerprint density at radius 2 is 1.67 bits per heavy atom. The minimum absolute atomic E-state index is 0.0566. The minimum Gasteiger partial charge on any atom is -0.338 e. The van der Waals surface area contributed by atoms with Crippen LogP contribution in [0.15, 0.2) is 24.3 Å². The molecule has 3 aliphatic heterocycles. The number of halogens is 1. The van der Waals surface area contributed by atoms with Crippen molar-refractivity contribution in [3.63, 3.8) is 0 Å². The van der Waals surface area contributed by atoms with E-state index in [-0.39, 0.29) is 11.8 Å². The Bertz CT molecular complexity index is 1070. The predicted octanol–water partition coefficient (Wildman–Crippen LogP) is 4.02. The molecule has 3 fully saturated rings. The van der Waals surface area contributed by atoms with Crippen LogP contribution in [0.4, 0.5) is 0 Å². The average Bonchev–Trinajstić information content (AvgIpc) is 3.33. The van der Waals surface area contributed by atoms with E-state index >= 15 is 0 Å². The van der Waals surface area contributed by atoms with Crippen LogP contribution >= 0.6 is 22.9 Å². The zero-order valence-corrected chi connectivity index (χ0v) is 23.1. The van der Waals surface area contributed by atoms with Crippen LogP contribution in [0, 0.1) is 0 Å². The quantitative estimate of drug-likeness (QED) is 0.583. The molecule has 0 saturated carbocycles. The molecule has 0 radical (unpaired) electrons. The molecule has 2 aromatic rings. The summed E-state index contributed by atoms with van der Waals surface area (Å²) in [5.41, 5.74) is 0. The number of likely N-dealkylation sites (tertiary alicyclic amines) is 1. The monoisotopic (exact) mass is 531 g/mol. The van der Waals surface area contributed by atoms with Crippen LogP contribution in [0.3, 0.4) is 0 Å². The molecule has 36 heavy (non-hydrogen) atoms. The summed E-state index contributed by atoms with van der Waals surface area (Å²) in [6, 6.07) is 7.75. The molecule has 0 aliphatic carbocycles. The van der Waals surface area contributed by atoms with E-state index in [1.165, 1.54) is 30.6 Å². The Labute approximate surface area is 223 Å². The summed E-state index contributed by atoms with van der Waals surface area (Å²) in [6.07, 6.45) is 5.67. The SMILES string of the molecule is C[C@H](C(=O)N1CCN(C2CCN(C)CC2)CC1)N(C(=O)c1cc2ccc(Cl)cc2s1)N1CCCCC1. The summed E-state index contributed by atoms with van der Waals surface area (Å²) in [7, 11) is 2.19. The van der Waals surface area contributed by atoms with Gasteiger partial charge in [-0.2, -0.15) is 0 Å². The van der Waals surface area contributed by atoms with Crippen LogP contribution in [0.2, 0.25) is 5.02 Å². The van der Waals surface area contributed by atoms with Crippen LogP contribution in [-0.2, 0) is 4.79 Å². The molecule has 9 heteroatoms. The van der Waals surface area contributed by atoms with Gasteiger partial charge in [0.15, 0.2) is 0 Å². The highest BCUT2D eigenvalue weighted by Gasteiger charge is 2.37. The highest BCUT2D eigenvalue weighted by Crippen LogP contribution is 2.30. The number of fused-ring (bicyclic) bond motifs is 1. The molecule has 0 bridgehead atoms. The fourth-order valence-corrected chi connectivity index (χ4v) is 7.17. The highest BCUT2D eigenvalue weighted by atomic mass is 35.5. The van der Waals surface area contributed by atoms with E-state index in [2.05, 4.69) is 21.9 Å². The lowest BCUT2D eigenvalue weighted by Gasteiger charge is -2.45. The maximum Gasteiger partial charge on any atom is 0.279 e. The second kappa shape index (κ2) is 11.4. The number of benzene rings is 1. The number of hydrogen-bond donors (Lipinski definition) is 0. The maximum absolute atomic E-state index is 13.9. The van der Waals surface area contributed by atoms with Crippen LogP contribution in [0.5, 0.6) is 0 Å². The lowest BCUT2D eigenvalue weighted by Crippen LogP contribution is -2.60. The summed E-state index contributed by atoms with van der Waals surface area (Å²) < 4.78 is 0.994. The predicted molar refractivity (Wildman–Crippen MR) is 147 cm³/mol. The third-order valence-corrected chi connectivity index (χ3v) is 9.41. The normalized spacial score (nSPS) is 22.1. The first-order valence-corrected chi connectivity index (χ1v) is 14.6. The number of carbonyl (C=O) groups excluding carboxylic acids is 2. The highest BCUT2D eigenvalue weighted by molar-refractivity contribution is 7.20. The lowest BCUT2D eigenvalue weighted by atomic mass is 10.0. The Balaban J connectivity index is 1.29. The van der Waals surface area contributed by atoms with E-state index in [1.54, 1.807) is 5.01 Å². The molecule has 2 amide bonds. The molecule has 0 unspecified atom stereocenters. The van der Waals surface area contributed by atoms with Gasteiger partial charge in [0, 0.05) is 55.0 Å². The fraction of sp³-hybridized carbons (Fsp3) is 0.630. The average molecular weight is 532 g/mol. The number of hydrazine groups is 1. The zero-order valence-electron chi connectivity index (χ0n) is 21.5. The van der Waals surface area contributed by atoms with Crippen molar-refractivity contribution >= 4 is 44.8 Å². The van der Waals surface area contributed by atoms with Gasteiger partial charge in [-0.3, -0.25) is 19.5 Å². The third kappa shape index (κ3) is 5.58. The van der Waals surface area contributed by atoms with E-state index in [4.69, 9.17) is 11.6 Å². The molecule has 1 aromatic heterocycles. The van der Waals surface area contributed by atoms with Crippen molar-refractivity contribution in [2.24, 2.45) is 0 Å².